The third kappa shape index (κ3) is 5.36. The van der Waals surface area contributed by atoms with Gasteiger partial charge >= 0.3 is 0 Å². The molecule has 5 rings (SSSR count). The largest absolute Gasteiger partial charge is 0.475 e. The molecule has 2 unspecified atom stereocenters. The lowest BCUT2D eigenvalue weighted by Gasteiger charge is -2.22. The van der Waals surface area contributed by atoms with Crippen molar-refractivity contribution in [2.24, 2.45) is 11.8 Å². The van der Waals surface area contributed by atoms with Gasteiger partial charge in [0.1, 0.15) is 11.6 Å². The van der Waals surface area contributed by atoms with E-state index < -0.39 is 15.9 Å². The third-order valence-corrected chi connectivity index (χ3v) is 8.01. The monoisotopic (exact) mass is 524 g/mol. The van der Waals surface area contributed by atoms with Crippen LogP contribution in [0.3, 0.4) is 0 Å². The van der Waals surface area contributed by atoms with Gasteiger partial charge < -0.3 is 15.4 Å². The highest BCUT2D eigenvalue weighted by Crippen LogP contribution is 2.40. The highest BCUT2D eigenvalue weighted by molar-refractivity contribution is 7.90. The molecule has 196 valence electrons. The normalized spacial score (nSPS) is 19.2. The first-order valence-corrected chi connectivity index (χ1v) is 13.9. The van der Waals surface area contributed by atoms with Crippen molar-refractivity contribution in [2.45, 2.75) is 44.2 Å². The number of nitrogens with two attached hydrogens (primary N) is 1. The number of hydrogen-bond donors (Lipinski definition) is 2. The maximum atomic E-state index is 13.3. The van der Waals surface area contributed by atoms with Gasteiger partial charge in [-0.15, -0.1) is 0 Å². The predicted octanol–water partition coefficient (Wildman–Crippen LogP) is 3.51. The van der Waals surface area contributed by atoms with Crippen LogP contribution in [0, 0.1) is 11.8 Å². The summed E-state index contributed by atoms with van der Waals surface area (Å²) in [6.07, 6.45) is 5.21. The van der Waals surface area contributed by atoms with Crippen molar-refractivity contribution in [2.75, 3.05) is 23.7 Å². The molecule has 3 N–H and O–H groups in total. The molecular formula is C26H32N6O4S. The highest BCUT2D eigenvalue weighted by atomic mass is 32.2. The first-order valence-electron chi connectivity index (χ1n) is 12.4. The third-order valence-electron chi connectivity index (χ3n) is 6.78. The molecular weight excluding hydrogens is 492 g/mol. The molecule has 1 saturated heterocycles. The van der Waals surface area contributed by atoms with Gasteiger partial charge in [-0.2, -0.15) is 8.42 Å². The SMILES string of the molecule is CC(C)Oc1ccc(-c2ccc(C(=O)NS(=O)(=O)c3cccc(N)n3)c(N3CC4CCCC4C3)n2)cn1.[HH]. The summed E-state index contributed by atoms with van der Waals surface area (Å²) in [6.45, 7) is 5.43. The van der Waals surface area contributed by atoms with Crippen LogP contribution in [0.15, 0.2) is 53.7 Å². The van der Waals surface area contributed by atoms with Crippen molar-refractivity contribution >= 4 is 27.6 Å². The van der Waals surface area contributed by atoms with Gasteiger partial charge in [0.25, 0.3) is 15.9 Å². The van der Waals surface area contributed by atoms with E-state index in [9.17, 15) is 13.2 Å². The van der Waals surface area contributed by atoms with Crippen LogP contribution in [0.5, 0.6) is 5.88 Å². The number of pyridine rings is 3. The van der Waals surface area contributed by atoms with Crippen LogP contribution in [0.1, 0.15) is 44.9 Å². The molecule has 11 heteroatoms. The van der Waals surface area contributed by atoms with E-state index in [4.69, 9.17) is 15.5 Å². The van der Waals surface area contributed by atoms with Crippen molar-refractivity contribution in [3.8, 4) is 17.1 Å². The van der Waals surface area contributed by atoms with Gasteiger partial charge in [-0.05, 0) is 68.9 Å². The first-order chi connectivity index (χ1) is 17.7. The second kappa shape index (κ2) is 9.97. The van der Waals surface area contributed by atoms with E-state index in [0.29, 0.717) is 29.2 Å². The minimum Gasteiger partial charge on any atom is -0.475 e. The summed E-state index contributed by atoms with van der Waals surface area (Å²) < 4.78 is 33.5. The Morgan fingerprint density at radius 3 is 2.51 bits per heavy atom. The Labute approximate surface area is 217 Å². The maximum Gasteiger partial charge on any atom is 0.281 e. The summed E-state index contributed by atoms with van der Waals surface area (Å²) in [4.78, 5) is 28.4. The number of carbonyl (C=O) groups excluding carboxylic acids is 1. The Hall–Kier alpha value is -3.73. The number of amides is 1. The maximum absolute atomic E-state index is 13.3. The Morgan fingerprint density at radius 2 is 1.86 bits per heavy atom. The van der Waals surface area contributed by atoms with Crippen molar-refractivity contribution < 1.29 is 19.4 Å². The average molecular weight is 525 g/mol. The number of anilines is 2. The Balaban J connectivity index is 0.00000336. The van der Waals surface area contributed by atoms with Crippen molar-refractivity contribution in [3.63, 3.8) is 0 Å². The summed E-state index contributed by atoms with van der Waals surface area (Å²) in [5.74, 6) is 1.36. The zero-order chi connectivity index (χ0) is 26.2. The minimum absolute atomic E-state index is 0. The summed E-state index contributed by atoms with van der Waals surface area (Å²) in [5, 5.41) is -0.322. The topological polar surface area (TPSA) is 140 Å². The van der Waals surface area contributed by atoms with E-state index in [1.165, 1.54) is 24.6 Å². The molecule has 3 aromatic rings. The number of carbonyl (C=O) groups is 1. The lowest BCUT2D eigenvalue weighted by Crippen LogP contribution is -2.33. The second-order valence-electron chi connectivity index (χ2n) is 9.81. The van der Waals surface area contributed by atoms with Crippen LogP contribution in [-0.2, 0) is 10.0 Å². The number of fused-ring (bicyclic) bond motifs is 1. The number of aromatic nitrogens is 3. The Morgan fingerprint density at radius 1 is 1.11 bits per heavy atom. The van der Waals surface area contributed by atoms with E-state index in [1.54, 1.807) is 24.4 Å². The summed E-state index contributed by atoms with van der Waals surface area (Å²) in [6, 6.07) is 11.2. The molecule has 2 fully saturated rings. The number of nitrogens with one attached hydrogen (secondary N) is 1. The van der Waals surface area contributed by atoms with E-state index >= 15 is 0 Å². The fourth-order valence-corrected chi connectivity index (χ4v) is 6.03. The van der Waals surface area contributed by atoms with E-state index in [-0.39, 0.29) is 23.9 Å². The number of sulfonamides is 1. The molecule has 1 saturated carbocycles. The fraction of sp³-hybridized carbons (Fsp3) is 0.385. The molecule has 0 aromatic carbocycles. The average Bonchev–Trinajstić information content (AvgIpc) is 3.46. The smallest absolute Gasteiger partial charge is 0.281 e. The molecule has 0 bridgehead atoms. The number of ether oxygens (including phenoxy) is 1. The molecule has 37 heavy (non-hydrogen) atoms. The van der Waals surface area contributed by atoms with E-state index in [1.807, 2.05) is 19.9 Å². The van der Waals surface area contributed by atoms with Gasteiger partial charge in [0.15, 0.2) is 5.03 Å². The zero-order valence-electron chi connectivity index (χ0n) is 20.8. The summed E-state index contributed by atoms with van der Waals surface area (Å²) >= 11 is 0. The molecule has 10 nitrogen and oxygen atoms in total. The molecule has 0 spiro atoms. The standard InChI is InChI=1S/C26H30N6O4S.H2/c1-16(2)36-23-12-9-17(13-28-23)21-11-10-20(25(29-21)32-14-18-5-3-6-19(18)15-32)26(33)31-37(34,35)24-8-4-7-22(27)30-24;/h4,7-13,16,18-19H,3,5-6,14-15H2,1-2H3,(H2,27,30)(H,31,33);1H. The van der Waals surface area contributed by atoms with Crippen LogP contribution in [0.2, 0.25) is 0 Å². The quantitative estimate of drug-likeness (QED) is 0.475. The van der Waals surface area contributed by atoms with Crippen molar-refractivity contribution in [1.82, 2.24) is 19.7 Å². The number of nitrogens with zero attached hydrogens (tertiary/aromatic N) is 4. The fourth-order valence-electron chi connectivity index (χ4n) is 5.09. The highest BCUT2D eigenvalue weighted by Gasteiger charge is 2.38. The summed E-state index contributed by atoms with van der Waals surface area (Å²) in [5.41, 5.74) is 7.22. The molecule has 1 aliphatic carbocycles. The lowest BCUT2D eigenvalue weighted by molar-refractivity contribution is 0.0981. The van der Waals surface area contributed by atoms with Crippen LogP contribution in [0.4, 0.5) is 11.6 Å². The first kappa shape index (κ1) is 24.9. The van der Waals surface area contributed by atoms with Crippen LogP contribution < -0.4 is 20.1 Å². The Kier molecular flexibility index (Phi) is 6.72. The van der Waals surface area contributed by atoms with Gasteiger partial charge in [-0.3, -0.25) is 4.79 Å². The number of rotatable bonds is 7. The van der Waals surface area contributed by atoms with Crippen molar-refractivity contribution in [1.29, 1.82) is 0 Å². The lowest BCUT2D eigenvalue weighted by atomic mass is 10.0. The van der Waals surface area contributed by atoms with Crippen LogP contribution in [-0.4, -0.2) is 48.5 Å². The molecule has 3 aromatic heterocycles. The van der Waals surface area contributed by atoms with Crippen molar-refractivity contribution in [3.05, 3.63) is 54.2 Å². The molecule has 4 heterocycles. The molecule has 0 radical (unpaired) electrons. The molecule has 1 amide bonds. The number of nitrogen functional groups attached to an aromatic ring is 1. The van der Waals surface area contributed by atoms with Gasteiger partial charge in [-0.1, -0.05) is 12.5 Å². The summed E-state index contributed by atoms with van der Waals surface area (Å²) in [7, 11) is -4.22. The van der Waals surface area contributed by atoms with Gasteiger partial charge in [0, 0.05) is 32.3 Å². The van der Waals surface area contributed by atoms with E-state index in [2.05, 4.69) is 19.6 Å². The van der Waals surface area contributed by atoms with Gasteiger partial charge in [0.2, 0.25) is 5.88 Å². The Bertz CT molecular complexity index is 1410. The van der Waals surface area contributed by atoms with E-state index in [0.717, 1.165) is 31.5 Å². The predicted molar refractivity (Wildman–Crippen MR) is 142 cm³/mol. The van der Waals surface area contributed by atoms with Crippen LogP contribution >= 0.6 is 0 Å². The second-order valence-corrected chi connectivity index (χ2v) is 11.4. The molecule has 1 aliphatic heterocycles. The minimum atomic E-state index is -4.22. The van der Waals surface area contributed by atoms with Crippen LogP contribution in [0.25, 0.3) is 11.3 Å². The molecule has 2 aliphatic rings. The van der Waals surface area contributed by atoms with Gasteiger partial charge in [0.05, 0.1) is 17.4 Å². The molecule has 2 atom stereocenters. The van der Waals surface area contributed by atoms with Gasteiger partial charge in [-0.25, -0.2) is 19.7 Å². The number of hydrogen-bond acceptors (Lipinski definition) is 9. The zero-order valence-corrected chi connectivity index (χ0v) is 21.6.